The van der Waals surface area contributed by atoms with Crippen molar-refractivity contribution in [3.8, 4) is 5.82 Å². The molecule has 0 unspecified atom stereocenters. The second kappa shape index (κ2) is 5.91. The summed E-state index contributed by atoms with van der Waals surface area (Å²) in [5.74, 6) is -1.85. The van der Waals surface area contributed by atoms with E-state index in [1.165, 1.54) is 35.5 Å². The Balaban J connectivity index is 1.76. The van der Waals surface area contributed by atoms with E-state index in [1.807, 2.05) is 0 Å². The highest BCUT2D eigenvalue weighted by molar-refractivity contribution is 5.95. The number of carbonyl (C=O) groups is 1. The molecule has 1 aliphatic heterocycles. The molecular weight excluding hydrogens is 368 g/mol. The third-order valence-corrected chi connectivity index (χ3v) is 4.85. The molecule has 4 heterocycles. The van der Waals surface area contributed by atoms with Crippen molar-refractivity contribution in [1.82, 2.24) is 29.7 Å². The van der Waals surface area contributed by atoms with Gasteiger partial charge in [0.2, 0.25) is 5.91 Å². The van der Waals surface area contributed by atoms with Crippen molar-refractivity contribution >= 4 is 22.9 Å². The Morgan fingerprint density at radius 3 is 2.71 bits per heavy atom. The summed E-state index contributed by atoms with van der Waals surface area (Å²) < 4.78 is 30.3. The standard InChI is InChI=1S/C18H13F2N7O/c1-8-13-9(14-10(19)3-2-4-11(14)20)5-12(28)25-17(13)27(26-8)18-15-16(22-6-21-15)23-7-24-18/h2-4,6-7,9H,5H2,1H3,(H,25,28)(H,21,22,23,24)/t9-/m1/s1. The van der Waals surface area contributed by atoms with Gasteiger partial charge in [-0.3, -0.25) is 4.79 Å². The van der Waals surface area contributed by atoms with Gasteiger partial charge < -0.3 is 10.3 Å². The van der Waals surface area contributed by atoms with Gasteiger partial charge >= 0.3 is 0 Å². The van der Waals surface area contributed by atoms with Crippen LogP contribution in [0.3, 0.4) is 0 Å². The van der Waals surface area contributed by atoms with Gasteiger partial charge in [0, 0.05) is 23.5 Å². The zero-order chi connectivity index (χ0) is 19.4. The third-order valence-electron chi connectivity index (χ3n) is 4.85. The Morgan fingerprint density at radius 2 is 1.93 bits per heavy atom. The minimum atomic E-state index is -0.794. The lowest BCUT2D eigenvalue weighted by molar-refractivity contribution is -0.116. The molecule has 140 valence electrons. The van der Waals surface area contributed by atoms with Crippen LogP contribution in [0.2, 0.25) is 0 Å². The quantitative estimate of drug-likeness (QED) is 0.556. The Labute approximate surface area is 156 Å². The average Bonchev–Trinajstić information content (AvgIpc) is 3.26. The van der Waals surface area contributed by atoms with E-state index in [1.54, 1.807) is 6.92 Å². The number of nitrogens with one attached hydrogen (secondary N) is 2. The summed E-state index contributed by atoms with van der Waals surface area (Å²) in [7, 11) is 0. The van der Waals surface area contributed by atoms with Crippen molar-refractivity contribution in [3.05, 3.63) is 59.3 Å². The highest BCUT2D eigenvalue weighted by Gasteiger charge is 2.36. The molecule has 10 heteroatoms. The molecule has 8 nitrogen and oxygen atoms in total. The van der Waals surface area contributed by atoms with Crippen LogP contribution in [0.4, 0.5) is 14.6 Å². The van der Waals surface area contributed by atoms with Crippen molar-refractivity contribution in [1.29, 1.82) is 0 Å². The van der Waals surface area contributed by atoms with Gasteiger partial charge in [0.25, 0.3) is 0 Å². The van der Waals surface area contributed by atoms with Gasteiger partial charge in [-0.2, -0.15) is 9.78 Å². The van der Waals surface area contributed by atoms with Gasteiger partial charge in [-0.05, 0) is 19.1 Å². The van der Waals surface area contributed by atoms with E-state index in [-0.39, 0.29) is 17.9 Å². The summed E-state index contributed by atoms with van der Waals surface area (Å²) in [5.41, 5.74) is 1.91. The molecule has 0 aliphatic carbocycles. The van der Waals surface area contributed by atoms with E-state index in [0.29, 0.717) is 34.1 Å². The van der Waals surface area contributed by atoms with Gasteiger partial charge in [-0.15, -0.1) is 0 Å². The first-order chi connectivity index (χ1) is 13.5. The van der Waals surface area contributed by atoms with Gasteiger partial charge in [0.05, 0.1) is 12.0 Å². The number of benzene rings is 1. The summed E-state index contributed by atoms with van der Waals surface area (Å²) in [5, 5.41) is 7.25. The van der Waals surface area contributed by atoms with Crippen LogP contribution in [0, 0.1) is 18.6 Å². The number of carbonyl (C=O) groups excluding carboxylic acids is 1. The summed E-state index contributed by atoms with van der Waals surface area (Å²) in [4.78, 5) is 27.7. The van der Waals surface area contributed by atoms with Crippen LogP contribution in [0.25, 0.3) is 17.0 Å². The predicted molar refractivity (Wildman–Crippen MR) is 95.0 cm³/mol. The maximum absolute atomic E-state index is 14.5. The van der Waals surface area contributed by atoms with Gasteiger partial charge in [-0.1, -0.05) is 6.07 Å². The molecule has 1 aromatic carbocycles. The maximum Gasteiger partial charge on any atom is 0.226 e. The maximum atomic E-state index is 14.5. The van der Waals surface area contributed by atoms with Crippen molar-refractivity contribution < 1.29 is 13.6 Å². The number of hydrogen-bond donors (Lipinski definition) is 2. The summed E-state index contributed by atoms with van der Waals surface area (Å²) in [6.07, 6.45) is 2.73. The summed E-state index contributed by atoms with van der Waals surface area (Å²) in [6, 6.07) is 3.66. The van der Waals surface area contributed by atoms with Crippen molar-refractivity contribution in [2.24, 2.45) is 0 Å². The first-order valence-electron chi connectivity index (χ1n) is 8.52. The van der Waals surface area contributed by atoms with E-state index >= 15 is 0 Å². The third kappa shape index (κ3) is 2.30. The lowest BCUT2D eigenvalue weighted by atomic mass is 9.85. The van der Waals surface area contributed by atoms with Crippen LogP contribution in [-0.2, 0) is 4.79 Å². The number of anilines is 1. The predicted octanol–water partition coefficient (Wildman–Crippen LogP) is 2.60. The summed E-state index contributed by atoms with van der Waals surface area (Å²) >= 11 is 0. The fourth-order valence-electron chi connectivity index (χ4n) is 3.70. The molecule has 0 saturated carbocycles. The molecule has 0 fully saturated rings. The Hall–Kier alpha value is -3.69. The Bertz CT molecular complexity index is 1230. The molecule has 1 amide bonds. The zero-order valence-electron chi connectivity index (χ0n) is 14.6. The number of imidazole rings is 1. The number of amides is 1. The topological polar surface area (TPSA) is 101 Å². The van der Waals surface area contributed by atoms with E-state index < -0.39 is 17.6 Å². The van der Waals surface area contributed by atoms with Gasteiger partial charge in [0.1, 0.15) is 29.3 Å². The number of H-pyrrole nitrogens is 1. The van der Waals surface area contributed by atoms with Gasteiger partial charge in [-0.25, -0.2) is 23.7 Å². The minimum absolute atomic E-state index is 0.0827. The number of aromatic amines is 1. The first-order valence-corrected chi connectivity index (χ1v) is 8.52. The fraction of sp³-hybridized carbons (Fsp3) is 0.167. The van der Waals surface area contributed by atoms with Crippen LogP contribution < -0.4 is 5.32 Å². The molecule has 28 heavy (non-hydrogen) atoms. The molecule has 0 radical (unpaired) electrons. The van der Waals surface area contributed by atoms with Crippen LogP contribution in [0.5, 0.6) is 0 Å². The number of nitrogens with zero attached hydrogens (tertiary/aromatic N) is 5. The second-order valence-corrected chi connectivity index (χ2v) is 6.50. The van der Waals surface area contributed by atoms with Crippen LogP contribution in [0.15, 0.2) is 30.9 Å². The molecule has 2 N–H and O–H groups in total. The van der Waals surface area contributed by atoms with Crippen molar-refractivity contribution in [3.63, 3.8) is 0 Å². The van der Waals surface area contributed by atoms with Crippen molar-refractivity contribution in [2.75, 3.05) is 5.32 Å². The van der Waals surface area contributed by atoms with Crippen LogP contribution >= 0.6 is 0 Å². The van der Waals surface area contributed by atoms with E-state index in [4.69, 9.17) is 0 Å². The molecule has 0 saturated heterocycles. The largest absolute Gasteiger partial charge is 0.340 e. The Morgan fingerprint density at radius 1 is 1.14 bits per heavy atom. The average molecular weight is 381 g/mol. The van der Waals surface area contributed by atoms with Crippen LogP contribution in [-0.4, -0.2) is 35.6 Å². The number of hydrogen-bond acceptors (Lipinski definition) is 5. The monoisotopic (exact) mass is 381 g/mol. The van der Waals surface area contributed by atoms with E-state index in [9.17, 15) is 13.6 Å². The number of aryl methyl sites for hydroxylation is 1. The summed E-state index contributed by atoms with van der Waals surface area (Å²) in [6.45, 7) is 1.73. The van der Waals surface area contributed by atoms with E-state index in [2.05, 4.69) is 30.4 Å². The number of halogens is 2. The molecule has 0 spiro atoms. The highest BCUT2D eigenvalue weighted by atomic mass is 19.1. The molecule has 4 aromatic rings. The molecule has 1 aliphatic rings. The van der Waals surface area contributed by atoms with Gasteiger partial charge in [0.15, 0.2) is 11.5 Å². The number of rotatable bonds is 2. The Kier molecular flexibility index (Phi) is 3.48. The molecule has 5 rings (SSSR count). The number of aromatic nitrogens is 6. The smallest absolute Gasteiger partial charge is 0.226 e. The molecule has 0 bridgehead atoms. The molecule has 1 atom stereocenters. The molecule has 3 aromatic heterocycles. The SMILES string of the molecule is Cc1nn(-c2ncnc3nc[nH]c23)c2c1[C@H](c1c(F)cccc1F)CC(=O)N2. The minimum Gasteiger partial charge on any atom is -0.340 e. The molecular formula is C18H13F2N7O. The zero-order valence-corrected chi connectivity index (χ0v) is 14.6. The first kappa shape index (κ1) is 16.5. The lowest BCUT2D eigenvalue weighted by Gasteiger charge is -2.24. The van der Waals surface area contributed by atoms with E-state index in [0.717, 1.165) is 0 Å². The van der Waals surface area contributed by atoms with Crippen molar-refractivity contribution in [2.45, 2.75) is 19.3 Å². The normalized spacial score (nSPS) is 16.2. The second-order valence-electron chi connectivity index (χ2n) is 6.50. The van der Waals surface area contributed by atoms with Crippen LogP contribution in [0.1, 0.15) is 29.2 Å². The fourth-order valence-corrected chi connectivity index (χ4v) is 3.70. The number of fused-ring (bicyclic) bond motifs is 2. The lowest BCUT2D eigenvalue weighted by Crippen LogP contribution is -2.26. The highest BCUT2D eigenvalue weighted by Crippen LogP contribution is 2.42.